The fraction of sp³-hybridized carbons (Fsp3) is 0.263. The second kappa shape index (κ2) is 9.36. The van der Waals surface area contributed by atoms with Crippen LogP contribution < -0.4 is 14.8 Å². The molecule has 1 atom stereocenters. The summed E-state index contributed by atoms with van der Waals surface area (Å²) in [7, 11) is 2.87. The summed E-state index contributed by atoms with van der Waals surface area (Å²) in [5, 5.41) is 13.3. The first kappa shape index (κ1) is 20.7. The van der Waals surface area contributed by atoms with Crippen LogP contribution in [0, 0.1) is 10.1 Å². The average Bonchev–Trinajstić information content (AvgIpc) is 2.68. The van der Waals surface area contributed by atoms with E-state index in [0.717, 1.165) is 5.56 Å². The van der Waals surface area contributed by atoms with Crippen LogP contribution in [0.1, 0.15) is 12.5 Å². The number of nitro benzene ring substituents is 1. The number of nitro groups is 1. The summed E-state index contributed by atoms with van der Waals surface area (Å²) < 4.78 is 15.3. The summed E-state index contributed by atoms with van der Waals surface area (Å²) >= 11 is 0. The van der Waals surface area contributed by atoms with Gasteiger partial charge in [0.25, 0.3) is 11.6 Å². The molecule has 148 valence electrons. The van der Waals surface area contributed by atoms with E-state index in [9.17, 15) is 19.7 Å². The molecule has 2 rings (SSSR count). The molecule has 0 fully saturated rings. The van der Waals surface area contributed by atoms with Gasteiger partial charge in [-0.25, -0.2) is 0 Å². The summed E-state index contributed by atoms with van der Waals surface area (Å²) in [6.07, 6.45) is -1.06. The number of rotatable bonds is 8. The van der Waals surface area contributed by atoms with Crippen molar-refractivity contribution in [3.63, 3.8) is 0 Å². The quantitative estimate of drug-likeness (QED) is 0.420. The number of hydrogen-bond acceptors (Lipinski definition) is 7. The molecule has 9 heteroatoms. The predicted molar refractivity (Wildman–Crippen MR) is 101 cm³/mol. The topological polar surface area (TPSA) is 117 Å². The van der Waals surface area contributed by atoms with E-state index < -0.39 is 22.9 Å². The number of carbonyl (C=O) groups excluding carboxylic acids is 2. The number of amides is 1. The lowest BCUT2D eigenvalue weighted by atomic mass is 10.1. The maximum Gasteiger partial charge on any atom is 0.311 e. The number of nitrogens with one attached hydrogen (secondary N) is 1. The normalized spacial score (nSPS) is 11.2. The number of anilines is 1. The minimum atomic E-state index is -1.06. The molecule has 0 saturated carbocycles. The third-order valence-corrected chi connectivity index (χ3v) is 3.84. The van der Waals surface area contributed by atoms with E-state index in [-0.39, 0.29) is 23.5 Å². The van der Waals surface area contributed by atoms with Crippen molar-refractivity contribution in [1.29, 1.82) is 0 Å². The van der Waals surface area contributed by atoms with Crippen molar-refractivity contribution >= 4 is 23.3 Å². The zero-order chi connectivity index (χ0) is 20.7. The lowest BCUT2D eigenvalue weighted by Crippen LogP contribution is -2.30. The first-order valence-electron chi connectivity index (χ1n) is 8.29. The lowest BCUT2D eigenvalue weighted by molar-refractivity contribution is -0.384. The van der Waals surface area contributed by atoms with Crippen molar-refractivity contribution in [3.05, 3.63) is 58.1 Å². The van der Waals surface area contributed by atoms with Gasteiger partial charge in [0.05, 0.1) is 37.3 Å². The van der Waals surface area contributed by atoms with Crippen molar-refractivity contribution < 1.29 is 28.7 Å². The van der Waals surface area contributed by atoms with E-state index in [2.05, 4.69) is 5.32 Å². The van der Waals surface area contributed by atoms with E-state index in [4.69, 9.17) is 14.2 Å². The van der Waals surface area contributed by atoms with Gasteiger partial charge in [-0.1, -0.05) is 12.1 Å². The molecule has 0 heterocycles. The number of methoxy groups -OCH3 is 2. The maximum atomic E-state index is 12.3. The van der Waals surface area contributed by atoms with E-state index in [1.165, 1.54) is 32.2 Å². The first-order chi connectivity index (χ1) is 13.3. The van der Waals surface area contributed by atoms with Crippen LogP contribution in [0.5, 0.6) is 11.5 Å². The Balaban J connectivity index is 1.96. The minimum Gasteiger partial charge on any atom is -0.497 e. The van der Waals surface area contributed by atoms with Crippen molar-refractivity contribution in [2.45, 2.75) is 19.4 Å². The fourth-order valence-electron chi connectivity index (χ4n) is 2.33. The highest BCUT2D eigenvalue weighted by Gasteiger charge is 2.20. The standard InChI is InChI=1S/C19H20N2O7/c1-12(28-18(22)10-13-4-7-15(26-2)8-5-13)19(23)20-16-9-6-14(21(24)25)11-17(16)27-3/h4-9,11-12H,10H2,1-3H3,(H,20,23)/t12-/m0/s1. The van der Waals surface area contributed by atoms with E-state index in [0.29, 0.717) is 5.75 Å². The van der Waals surface area contributed by atoms with Gasteiger partial charge in [-0.15, -0.1) is 0 Å². The number of nitrogens with zero attached hydrogens (tertiary/aromatic N) is 1. The maximum absolute atomic E-state index is 12.3. The lowest BCUT2D eigenvalue weighted by Gasteiger charge is -2.15. The van der Waals surface area contributed by atoms with Crippen LogP contribution in [0.2, 0.25) is 0 Å². The Morgan fingerprint density at radius 2 is 1.79 bits per heavy atom. The van der Waals surface area contributed by atoms with Crippen molar-refractivity contribution in [2.75, 3.05) is 19.5 Å². The summed E-state index contributed by atoms with van der Waals surface area (Å²) in [5.74, 6) is -0.361. The summed E-state index contributed by atoms with van der Waals surface area (Å²) in [5.41, 5.74) is 0.778. The molecular weight excluding hydrogens is 368 g/mol. The van der Waals surface area contributed by atoms with Gasteiger partial charge in [0.15, 0.2) is 6.10 Å². The number of esters is 1. The van der Waals surface area contributed by atoms with E-state index in [1.54, 1.807) is 31.4 Å². The summed E-state index contributed by atoms with van der Waals surface area (Å²) in [4.78, 5) is 34.6. The van der Waals surface area contributed by atoms with Crippen LogP contribution in [0.3, 0.4) is 0 Å². The Morgan fingerprint density at radius 1 is 1.11 bits per heavy atom. The first-order valence-corrected chi connectivity index (χ1v) is 8.29. The molecular formula is C19H20N2O7. The Kier molecular flexibility index (Phi) is 6.91. The molecule has 0 aliphatic rings. The highest BCUT2D eigenvalue weighted by atomic mass is 16.6. The monoisotopic (exact) mass is 388 g/mol. The van der Waals surface area contributed by atoms with Crippen LogP contribution in [0.4, 0.5) is 11.4 Å². The van der Waals surface area contributed by atoms with E-state index >= 15 is 0 Å². The molecule has 0 bridgehead atoms. The Bertz CT molecular complexity index is 865. The van der Waals surface area contributed by atoms with Gasteiger partial charge in [-0.3, -0.25) is 19.7 Å². The molecule has 0 aliphatic heterocycles. The predicted octanol–water partition coefficient (Wildman–Crippen LogP) is 2.72. The molecule has 0 aromatic heterocycles. The van der Waals surface area contributed by atoms with Gasteiger partial charge in [0.1, 0.15) is 11.5 Å². The molecule has 2 aromatic rings. The van der Waals surface area contributed by atoms with Gasteiger partial charge in [-0.05, 0) is 30.7 Å². The van der Waals surface area contributed by atoms with Crippen LogP contribution in [0.15, 0.2) is 42.5 Å². The second-order valence-corrected chi connectivity index (χ2v) is 5.79. The molecule has 0 unspecified atom stereocenters. The fourth-order valence-corrected chi connectivity index (χ4v) is 2.33. The molecule has 9 nitrogen and oxygen atoms in total. The zero-order valence-electron chi connectivity index (χ0n) is 15.6. The van der Waals surface area contributed by atoms with Crippen LogP contribution in [0.25, 0.3) is 0 Å². The second-order valence-electron chi connectivity index (χ2n) is 5.79. The number of carbonyl (C=O) groups is 2. The number of hydrogen-bond donors (Lipinski definition) is 1. The largest absolute Gasteiger partial charge is 0.497 e. The van der Waals surface area contributed by atoms with Crippen LogP contribution in [-0.2, 0) is 20.7 Å². The number of ether oxygens (including phenoxy) is 3. The van der Waals surface area contributed by atoms with Crippen molar-refractivity contribution in [1.82, 2.24) is 0 Å². The number of non-ortho nitro benzene ring substituents is 1. The number of benzene rings is 2. The Labute approximate surface area is 161 Å². The molecule has 0 saturated heterocycles. The highest BCUT2D eigenvalue weighted by Crippen LogP contribution is 2.29. The third-order valence-electron chi connectivity index (χ3n) is 3.84. The molecule has 1 amide bonds. The summed E-state index contributed by atoms with van der Waals surface area (Å²) in [6, 6.07) is 10.7. The third kappa shape index (κ3) is 5.44. The molecule has 28 heavy (non-hydrogen) atoms. The molecule has 2 aromatic carbocycles. The SMILES string of the molecule is COc1ccc(CC(=O)O[C@@H](C)C(=O)Nc2ccc([N+](=O)[O-])cc2OC)cc1. The molecule has 0 aliphatic carbocycles. The van der Waals surface area contributed by atoms with Gasteiger partial charge in [0, 0.05) is 6.07 Å². The molecule has 0 spiro atoms. The van der Waals surface area contributed by atoms with Gasteiger partial charge in [0.2, 0.25) is 0 Å². The van der Waals surface area contributed by atoms with E-state index in [1.807, 2.05) is 0 Å². The van der Waals surface area contributed by atoms with Crippen LogP contribution >= 0.6 is 0 Å². The average molecular weight is 388 g/mol. The zero-order valence-corrected chi connectivity index (χ0v) is 15.6. The highest BCUT2D eigenvalue weighted by molar-refractivity contribution is 5.96. The van der Waals surface area contributed by atoms with Gasteiger partial charge in [-0.2, -0.15) is 0 Å². The van der Waals surface area contributed by atoms with Gasteiger partial charge < -0.3 is 19.5 Å². The molecule has 0 radical (unpaired) electrons. The van der Waals surface area contributed by atoms with Crippen LogP contribution in [-0.4, -0.2) is 37.1 Å². The van der Waals surface area contributed by atoms with Gasteiger partial charge >= 0.3 is 5.97 Å². The van der Waals surface area contributed by atoms with Crippen molar-refractivity contribution in [3.8, 4) is 11.5 Å². The Hall–Kier alpha value is -3.62. The Morgan fingerprint density at radius 3 is 2.36 bits per heavy atom. The van der Waals surface area contributed by atoms with Crippen molar-refractivity contribution in [2.24, 2.45) is 0 Å². The smallest absolute Gasteiger partial charge is 0.311 e. The minimum absolute atomic E-state index is 0.00245. The summed E-state index contributed by atoms with van der Waals surface area (Å²) in [6.45, 7) is 1.43. The molecule has 1 N–H and O–H groups in total.